The van der Waals surface area contributed by atoms with E-state index in [4.69, 9.17) is 14.5 Å². The average molecular weight is 512 g/mol. The van der Waals surface area contributed by atoms with Gasteiger partial charge >= 0.3 is 0 Å². The zero-order valence-corrected chi connectivity index (χ0v) is 22.0. The van der Waals surface area contributed by atoms with E-state index in [0.717, 1.165) is 6.42 Å². The van der Waals surface area contributed by atoms with Crippen molar-refractivity contribution in [2.45, 2.75) is 38.9 Å². The smallest absolute Gasteiger partial charge is 0.262 e. The molecule has 8 nitrogen and oxygen atoms in total. The molecule has 1 N–H and O–H groups in total. The number of benzene rings is 2. The van der Waals surface area contributed by atoms with Gasteiger partial charge in [0.15, 0.2) is 10.9 Å². The van der Waals surface area contributed by atoms with Crippen molar-refractivity contribution in [2.24, 2.45) is 5.92 Å². The van der Waals surface area contributed by atoms with Crippen LogP contribution in [-0.4, -0.2) is 53.9 Å². The standard InChI is InChI=1S/C27H33N3O5S/c1-5-35-21-9-6-19(7-10-21)24(31)17-36-27-29-23-16-20(25(32)28-13-15-34-4)8-11-22(23)26(33)30(27)14-12-18(2)3/h6-11,16,18H,5,12-15,17H2,1-4H3,(H,28,32). The Hall–Kier alpha value is -3.17. The van der Waals surface area contributed by atoms with Crippen molar-refractivity contribution < 1.29 is 19.1 Å². The molecule has 3 rings (SSSR count). The molecule has 0 saturated carbocycles. The van der Waals surface area contributed by atoms with Gasteiger partial charge in [0.1, 0.15) is 5.75 Å². The number of aromatic nitrogens is 2. The molecule has 0 aliphatic carbocycles. The molecule has 0 fully saturated rings. The molecule has 0 saturated heterocycles. The molecular formula is C27H33N3O5S. The van der Waals surface area contributed by atoms with Gasteiger partial charge < -0.3 is 14.8 Å². The van der Waals surface area contributed by atoms with Gasteiger partial charge in [0, 0.05) is 31.3 Å². The van der Waals surface area contributed by atoms with Crippen molar-refractivity contribution in [1.29, 1.82) is 0 Å². The Balaban J connectivity index is 1.88. The Morgan fingerprint density at radius 2 is 1.83 bits per heavy atom. The van der Waals surface area contributed by atoms with Crippen LogP contribution in [0.4, 0.5) is 0 Å². The van der Waals surface area contributed by atoms with Crippen LogP contribution in [0.2, 0.25) is 0 Å². The normalized spacial score (nSPS) is 11.1. The van der Waals surface area contributed by atoms with Gasteiger partial charge in [0.2, 0.25) is 0 Å². The van der Waals surface area contributed by atoms with Crippen molar-refractivity contribution in [2.75, 3.05) is 32.6 Å². The SMILES string of the molecule is CCOc1ccc(C(=O)CSc2nc3cc(C(=O)NCCOC)ccc3c(=O)n2CCC(C)C)cc1. The maximum atomic E-state index is 13.4. The van der Waals surface area contributed by atoms with Crippen LogP contribution in [0.1, 0.15) is 47.9 Å². The van der Waals surface area contributed by atoms with Gasteiger partial charge in [0.05, 0.1) is 29.9 Å². The van der Waals surface area contributed by atoms with Crippen LogP contribution in [0.5, 0.6) is 5.75 Å². The van der Waals surface area contributed by atoms with E-state index in [1.807, 2.05) is 6.92 Å². The molecular weight excluding hydrogens is 478 g/mol. The summed E-state index contributed by atoms with van der Waals surface area (Å²) in [6, 6.07) is 11.9. The molecule has 0 aliphatic heterocycles. The largest absolute Gasteiger partial charge is 0.494 e. The number of nitrogens with one attached hydrogen (secondary N) is 1. The summed E-state index contributed by atoms with van der Waals surface area (Å²) in [5, 5.41) is 3.68. The summed E-state index contributed by atoms with van der Waals surface area (Å²) in [5.41, 5.74) is 1.23. The highest BCUT2D eigenvalue weighted by molar-refractivity contribution is 7.99. The first-order chi connectivity index (χ1) is 17.3. The van der Waals surface area contributed by atoms with Crippen molar-refractivity contribution in [1.82, 2.24) is 14.9 Å². The molecule has 0 radical (unpaired) electrons. The fourth-order valence-corrected chi connectivity index (χ4v) is 4.44. The van der Waals surface area contributed by atoms with Gasteiger partial charge in [-0.3, -0.25) is 19.0 Å². The van der Waals surface area contributed by atoms with Crippen molar-refractivity contribution >= 4 is 34.4 Å². The Morgan fingerprint density at radius 3 is 2.50 bits per heavy atom. The number of fused-ring (bicyclic) bond motifs is 1. The third kappa shape index (κ3) is 7.18. The number of Topliss-reactive ketones (excluding diaryl/α,β-unsaturated/α-hetero) is 1. The molecule has 3 aromatic rings. The van der Waals surface area contributed by atoms with Crippen LogP contribution in [0.25, 0.3) is 10.9 Å². The lowest BCUT2D eigenvalue weighted by Crippen LogP contribution is -2.27. The predicted octanol–water partition coefficient (Wildman–Crippen LogP) is 4.19. The van der Waals surface area contributed by atoms with Crippen molar-refractivity contribution in [3.05, 3.63) is 63.9 Å². The fraction of sp³-hybridized carbons (Fsp3) is 0.407. The molecule has 1 amide bonds. The predicted molar refractivity (Wildman–Crippen MR) is 142 cm³/mol. The minimum absolute atomic E-state index is 0.0703. The van der Waals surface area contributed by atoms with Gasteiger partial charge in [-0.25, -0.2) is 4.98 Å². The van der Waals surface area contributed by atoms with Crippen molar-refractivity contribution in [3.63, 3.8) is 0 Å². The number of nitrogens with zero attached hydrogens (tertiary/aromatic N) is 2. The molecule has 0 aliphatic rings. The Bertz CT molecular complexity index is 1250. The molecule has 0 spiro atoms. The van der Waals surface area contributed by atoms with E-state index in [0.29, 0.717) is 65.2 Å². The number of ether oxygens (including phenoxy) is 2. The minimum Gasteiger partial charge on any atom is -0.494 e. The highest BCUT2D eigenvalue weighted by Gasteiger charge is 2.16. The van der Waals surface area contributed by atoms with Gasteiger partial charge in [-0.05, 0) is 61.7 Å². The number of hydrogen-bond acceptors (Lipinski definition) is 7. The van der Waals surface area contributed by atoms with E-state index in [1.54, 1.807) is 54.1 Å². The summed E-state index contributed by atoms with van der Waals surface area (Å²) >= 11 is 1.23. The summed E-state index contributed by atoms with van der Waals surface area (Å²) in [5.74, 6) is 0.903. The van der Waals surface area contributed by atoms with Crippen LogP contribution in [0.15, 0.2) is 52.4 Å². The average Bonchev–Trinajstić information content (AvgIpc) is 2.87. The molecule has 0 unspecified atom stereocenters. The number of rotatable bonds is 13. The maximum absolute atomic E-state index is 13.4. The van der Waals surface area contributed by atoms with Crippen LogP contribution in [0.3, 0.4) is 0 Å². The summed E-state index contributed by atoms with van der Waals surface area (Å²) in [6.45, 7) is 7.93. The monoisotopic (exact) mass is 511 g/mol. The highest BCUT2D eigenvalue weighted by Crippen LogP contribution is 2.22. The van der Waals surface area contributed by atoms with Crippen molar-refractivity contribution in [3.8, 4) is 5.75 Å². The van der Waals surface area contributed by atoms with Gasteiger partial charge in [-0.15, -0.1) is 0 Å². The van der Waals surface area contributed by atoms with Crippen LogP contribution >= 0.6 is 11.8 Å². The van der Waals surface area contributed by atoms with E-state index >= 15 is 0 Å². The Labute approximate surface area is 215 Å². The summed E-state index contributed by atoms with van der Waals surface area (Å²) < 4.78 is 12.0. The van der Waals surface area contributed by atoms with E-state index in [2.05, 4.69) is 19.2 Å². The van der Waals surface area contributed by atoms with Crippen LogP contribution in [-0.2, 0) is 11.3 Å². The number of carbonyl (C=O) groups excluding carboxylic acids is 2. The van der Waals surface area contributed by atoms with E-state index in [1.165, 1.54) is 11.8 Å². The quantitative estimate of drug-likeness (QED) is 0.159. The van der Waals surface area contributed by atoms with Crippen LogP contribution in [0, 0.1) is 5.92 Å². The minimum atomic E-state index is -0.264. The highest BCUT2D eigenvalue weighted by atomic mass is 32.2. The summed E-state index contributed by atoms with van der Waals surface area (Å²) in [6.07, 6.45) is 0.799. The lowest BCUT2D eigenvalue weighted by atomic mass is 10.1. The lowest BCUT2D eigenvalue weighted by Gasteiger charge is -2.14. The number of carbonyl (C=O) groups is 2. The van der Waals surface area contributed by atoms with E-state index in [-0.39, 0.29) is 23.0 Å². The number of hydrogen-bond donors (Lipinski definition) is 1. The molecule has 192 valence electrons. The molecule has 0 atom stereocenters. The lowest BCUT2D eigenvalue weighted by molar-refractivity contribution is 0.0936. The van der Waals surface area contributed by atoms with Gasteiger partial charge in [-0.2, -0.15) is 0 Å². The van der Waals surface area contributed by atoms with Crippen LogP contribution < -0.4 is 15.6 Å². The third-order valence-electron chi connectivity index (χ3n) is 5.52. The third-order valence-corrected chi connectivity index (χ3v) is 6.50. The number of ketones is 1. The Kier molecular flexibility index (Phi) is 10.1. The molecule has 1 heterocycles. The maximum Gasteiger partial charge on any atom is 0.262 e. The van der Waals surface area contributed by atoms with E-state index < -0.39 is 0 Å². The molecule has 1 aromatic heterocycles. The first-order valence-corrected chi connectivity index (χ1v) is 13.0. The molecule has 9 heteroatoms. The molecule has 36 heavy (non-hydrogen) atoms. The number of thioether (sulfide) groups is 1. The first-order valence-electron chi connectivity index (χ1n) is 12.0. The molecule has 0 bridgehead atoms. The van der Waals surface area contributed by atoms with E-state index in [9.17, 15) is 14.4 Å². The second-order valence-corrected chi connectivity index (χ2v) is 9.63. The van der Waals surface area contributed by atoms with Gasteiger partial charge in [-0.1, -0.05) is 25.6 Å². The second kappa shape index (κ2) is 13.2. The topological polar surface area (TPSA) is 99.5 Å². The number of methoxy groups -OCH3 is 1. The summed E-state index contributed by atoms with van der Waals surface area (Å²) in [4.78, 5) is 43.4. The fourth-order valence-electron chi connectivity index (χ4n) is 3.52. The number of amides is 1. The zero-order chi connectivity index (χ0) is 26.1. The zero-order valence-electron chi connectivity index (χ0n) is 21.2. The Morgan fingerprint density at radius 1 is 1.11 bits per heavy atom. The van der Waals surface area contributed by atoms with Gasteiger partial charge in [0.25, 0.3) is 11.5 Å². The molecule has 2 aromatic carbocycles. The first kappa shape index (κ1) is 27.4. The second-order valence-electron chi connectivity index (χ2n) is 8.68. The summed E-state index contributed by atoms with van der Waals surface area (Å²) in [7, 11) is 1.57.